The molecule has 2 unspecified atom stereocenters. The van der Waals surface area contributed by atoms with Crippen LogP contribution in [0.2, 0.25) is 0 Å². The summed E-state index contributed by atoms with van der Waals surface area (Å²) in [7, 11) is 0. The van der Waals surface area contributed by atoms with Crippen LogP contribution in [-0.4, -0.2) is 16.4 Å². The van der Waals surface area contributed by atoms with Crippen LogP contribution in [0.25, 0.3) is 6.08 Å². The minimum Gasteiger partial charge on any atom is -0.258 e. The van der Waals surface area contributed by atoms with Gasteiger partial charge in [0.25, 0.3) is 0 Å². The van der Waals surface area contributed by atoms with Gasteiger partial charge in [-0.05, 0) is 50.5 Å². The molecule has 1 aliphatic rings. The number of nitro groups is 1. The molecule has 1 aromatic heterocycles. The molecule has 3 nitrogen and oxygen atoms in total. The Morgan fingerprint density at radius 2 is 2.33 bits per heavy atom. The van der Waals surface area contributed by atoms with E-state index < -0.39 is 0 Å². The van der Waals surface area contributed by atoms with Crippen molar-refractivity contribution in [1.82, 2.24) is 0 Å². The molecule has 2 atom stereocenters. The molecule has 0 aromatic carbocycles. The second-order valence-corrected chi connectivity index (χ2v) is 6.92. The SMILES string of the molecule is CSC1CCC(/C(C)=C/c2ccc([N+](=O)[O-])s2)C1. The van der Waals surface area contributed by atoms with Crippen molar-refractivity contribution in [3.63, 3.8) is 0 Å². The third kappa shape index (κ3) is 3.14. The maximum atomic E-state index is 10.6. The van der Waals surface area contributed by atoms with E-state index in [9.17, 15) is 10.1 Å². The maximum absolute atomic E-state index is 10.6. The zero-order chi connectivity index (χ0) is 13.1. The molecule has 98 valence electrons. The van der Waals surface area contributed by atoms with Gasteiger partial charge in [0.2, 0.25) is 0 Å². The molecule has 0 amide bonds. The highest BCUT2D eigenvalue weighted by atomic mass is 32.2. The Balaban J connectivity index is 2.05. The third-order valence-electron chi connectivity index (χ3n) is 3.52. The summed E-state index contributed by atoms with van der Waals surface area (Å²) in [6.07, 6.45) is 8.08. The number of allylic oxidation sites excluding steroid dienone is 1. The van der Waals surface area contributed by atoms with Crippen LogP contribution >= 0.6 is 23.1 Å². The van der Waals surface area contributed by atoms with Gasteiger partial charge in [0.05, 0.1) is 4.92 Å². The molecule has 0 bridgehead atoms. The summed E-state index contributed by atoms with van der Waals surface area (Å²) in [5.41, 5.74) is 1.36. The molecule has 0 spiro atoms. The van der Waals surface area contributed by atoms with Gasteiger partial charge in [-0.1, -0.05) is 16.9 Å². The van der Waals surface area contributed by atoms with Crippen molar-refractivity contribution in [2.45, 2.75) is 31.4 Å². The molecule has 1 aromatic rings. The number of rotatable bonds is 4. The summed E-state index contributed by atoms with van der Waals surface area (Å²) >= 11 is 3.21. The molecule has 2 rings (SSSR count). The summed E-state index contributed by atoms with van der Waals surface area (Å²) in [4.78, 5) is 11.3. The van der Waals surface area contributed by atoms with Gasteiger partial charge in [0.15, 0.2) is 0 Å². The number of nitrogens with zero attached hydrogens (tertiary/aromatic N) is 1. The second kappa shape index (κ2) is 5.89. The quantitative estimate of drug-likeness (QED) is 0.599. The lowest BCUT2D eigenvalue weighted by Gasteiger charge is -2.10. The first-order chi connectivity index (χ1) is 8.60. The van der Waals surface area contributed by atoms with Crippen LogP contribution in [0.1, 0.15) is 31.1 Å². The molecule has 1 saturated carbocycles. The molecule has 1 fully saturated rings. The van der Waals surface area contributed by atoms with Crippen LogP contribution in [0, 0.1) is 16.0 Å². The van der Waals surface area contributed by atoms with Crippen LogP contribution < -0.4 is 0 Å². The Morgan fingerprint density at radius 3 is 2.89 bits per heavy atom. The first kappa shape index (κ1) is 13.6. The molecule has 18 heavy (non-hydrogen) atoms. The van der Waals surface area contributed by atoms with Crippen LogP contribution in [0.15, 0.2) is 17.7 Å². The van der Waals surface area contributed by atoms with E-state index in [4.69, 9.17) is 0 Å². The van der Waals surface area contributed by atoms with Crippen LogP contribution in [0.3, 0.4) is 0 Å². The van der Waals surface area contributed by atoms with E-state index in [0.29, 0.717) is 5.92 Å². The smallest absolute Gasteiger partial charge is 0.258 e. The van der Waals surface area contributed by atoms with Crippen molar-refractivity contribution in [2.75, 3.05) is 6.26 Å². The van der Waals surface area contributed by atoms with Crippen LogP contribution in [-0.2, 0) is 0 Å². The molecule has 0 aliphatic heterocycles. The third-order valence-corrected chi connectivity index (χ3v) is 5.60. The Kier molecular flexibility index (Phi) is 4.45. The summed E-state index contributed by atoms with van der Waals surface area (Å²) < 4.78 is 0. The van der Waals surface area contributed by atoms with Gasteiger partial charge in [-0.3, -0.25) is 10.1 Å². The molecule has 0 N–H and O–H groups in total. The summed E-state index contributed by atoms with van der Waals surface area (Å²) in [6, 6.07) is 3.43. The highest BCUT2D eigenvalue weighted by molar-refractivity contribution is 7.99. The zero-order valence-electron chi connectivity index (χ0n) is 10.6. The van der Waals surface area contributed by atoms with E-state index >= 15 is 0 Å². The Bertz CT molecular complexity index is 467. The minimum absolute atomic E-state index is 0.225. The molecule has 1 heterocycles. The monoisotopic (exact) mass is 283 g/mol. The van der Waals surface area contributed by atoms with Gasteiger partial charge < -0.3 is 0 Å². The van der Waals surface area contributed by atoms with E-state index in [1.807, 2.05) is 17.8 Å². The summed E-state index contributed by atoms with van der Waals surface area (Å²) in [5, 5.41) is 11.6. The molecule has 1 aliphatic carbocycles. The van der Waals surface area contributed by atoms with E-state index in [1.165, 1.54) is 36.2 Å². The fourth-order valence-electron chi connectivity index (χ4n) is 2.43. The fourth-order valence-corrected chi connectivity index (χ4v) is 4.06. The summed E-state index contributed by atoms with van der Waals surface area (Å²) in [5.74, 6) is 0.656. The lowest BCUT2D eigenvalue weighted by molar-refractivity contribution is -0.380. The number of thioether (sulfide) groups is 1. The van der Waals surface area contributed by atoms with E-state index in [2.05, 4.69) is 19.3 Å². The second-order valence-electron chi connectivity index (χ2n) is 4.69. The first-order valence-electron chi connectivity index (χ1n) is 6.05. The first-order valence-corrected chi connectivity index (χ1v) is 8.16. The van der Waals surface area contributed by atoms with Gasteiger partial charge >= 0.3 is 5.00 Å². The number of hydrogen-bond acceptors (Lipinski definition) is 4. The lowest BCUT2D eigenvalue weighted by Crippen LogP contribution is -1.98. The van der Waals surface area contributed by atoms with Crippen molar-refractivity contribution in [1.29, 1.82) is 0 Å². The van der Waals surface area contributed by atoms with Crippen LogP contribution in [0.5, 0.6) is 0 Å². The molecule has 0 radical (unpaired) electrons. The van der Waals surface area contributed by atoms with Gasteiger partial charge in [0.1, 0.15) is 0 Å². The fraction of sp³-hybridized carbons (Fsp3) is 0.538. The molecular formula is C13H17NO2S2. The van der Waals surface area contributed by atoms with Gasteiger partial charge in [-0.2, -0.15) is 11.8 Å². The number of hydrogen-bond donors (Lipinski definition) is 0. The van der Waals surface area contributed by atoms with Crippen molar-refractivity contribution in [2.24, 2.45) is 5.92 Å². The maximum Gasteiger partial charge on any atom is 0.324 e. The average molecular weight is 283 g/mol. The van der Waals surface area contributed by atoms with Gasteiger partial charge in [-0.15, -0.1) is 0 Å². The minimum atomic E-state index is -0.323. The van der Waals surface area contributed by atoms with Crippen molar-refractivity contribution >= 4 is 34.2 Å². The van der Waals surface area contributed by atoms with Gasteiger partial charge in [-0.25, -0.2) is 0 Å². The van der Waals surface area contributed by atoms with Crippen LogP contribution in [0.4, 0.5) is 5.00 Å². The standard InChI is InChI=1S/C13H17NO2S2/c1-9(10-3-4-11(8-10)17-2)7-12-5-6-13(18-12)14(15)16/h5-7,10-11H,3-4,8H2,1-2H3/b9-7+. The topological polar surface area (TPSA) is 43.1 Å². The van der Waals surface area contributed by atoms with E-state index in [-0.39, 0.29) is 9.92 Å². The highest BCUT2D eigenvalue weighted by Crippen LogP contribution is 2.38. The lowest BCUT2D eigenvalue weighted by atomic mass is 9.98. The predicted molar refractivity (Wildman–Crippen MR) is 79.3 cm³/mol. The normalized spacial score (nSPS) is 24.4. The predicted octanol–water partition coefficient (Wildman–Crippen LogP) is 4.59. The Morgan fingerprint density at radius 1 is 1.56 bits per heavy atom. The van der Waals surface area contributed by atoms with Crippen molar-refractivity contribution in [3.8, 4) is 0 Å². The van der Waals surface area contributed by atoms with Crippen molar-refractivity contribution < 1.29 is 4.92 Å². The Labute approximate surface area is 115 Å². The summed E-state index contributed by atoms with van der Waals surface area (Å²) in [6.45, 7) is 2.15. The Hall–Kier alpha value is -0.810. The molecular weight excluding hydrogens is 266 g/mol. The average Bonchev–Trinajstić information content (AvgIpc) is 2.96. The van der Waals surface area contributed by atoms with Gasteiger partial charge in [0, 0.05) is 16.2 Å². The molecule has 0 saturated heterocycles. The largest absolute Gasteiger partial charge is 0.324 e. The van der Waals surface area contributed by atoms with E-state index in [1.54, 1.807) is 6.07 Å². The van der Waals surface area contributed by atoms with Crippen molar-refractivity contribution in [3.05, 3.63) is 32.7 Å². The zero-order valence-corrected chi connectivity index (χ0v) is 12.2. The highest BCUT2D eigenvalue weighted by Gasteiger charge is 2.25. The van der Waals surface area contributed by atoms with E-state index in [0.717, 1.165) is 10.1 Å². The molecule has 5 heteroatoms. The number of thiophene rings is 1.